The van der Waals surface area contributed by atoms with Crippen molar-refractivity contribution < 1.29 is 4.74 Å². The summed E-state index contributed by atoms with van der Waals surface area (Å²) >= 11 is 0. The molecule has 90 valence electrons. The standard InChI is InChI=1S/C13H17N3O/c1-15-13-9-12(17-8-4-7-14)10-5-2-3-6-11(10)16-13/h2-3,5-6,9H,4,7-8,14H2,1H3,(H,15,16). The van der Waals surface area contributed by atoms with Crippen molar-refractivity contribution in [2.45, 2.75) is 6.42 Å². The summed E-state index contributed by atoms with van der Waals surface area (Å²) in [6.45, 7) is 1.27. The first-order valence-corrected chi connectivity index (χ1v) is 5.75. The highest BCUT2D eigenvalue weighted by Crippen LogP contribution is 2.27. The smallest absolute Gasteiger partial charge is 0.132 e. The Kier molecular flexibility index (Phi) is 3.77. The number of para-hydroxylation sites is 1. The maximum absolute atomic E-state index is 5.74. The van der Waals surface area contributed by atoms with E-state index in [0.717, 1.165) is 28.9 Å². The van der Waals surface area contributed by atoms with Crippen molar-refractivity contribution in [2.24, 2.45) is 5.73 Å². The molecule has 0 saturated carbocycles. The van der Waals surface area contributed by atoms with E-state index in [-0.39, 0.29) is 0 Å². The van der Waals surface area contributed by atoms with E-state index in [0.29, 0.717) is 13.2 Å². The molecule has 4 heteroatoms. The molecule has 0 aliphatic rings. The molecule has 17 heavy (non-hydrogen) atoms. The Labute approximate surface area is 101 Å². The Balaban J connectivity index is 2.36. The van der Waals surface area contributed by atoms with Crippen molar-refractivity contribution in [2.75, 3.05) is 25.5 Å². The van der Waals surface area contributed by atoms with Gasteiger partial charge in [-0.05, 0) is 25.1 Å². The molecule has 2 rings (SSSR count). The second-order valence-corrected chi connectivity index (χ2v) is 3.76. The molecule has 4 nitrogen and oxygen atoms in total. The lowest BCUT2D eigenvalue weighted by Crippen LogP contribution is -2.06. The zero-order valence-electron chi connectivity index (χ0n) is 9.94. The Morgan fingerprint density at radius 2 is 2.18 bits per heavy atom. The third-order valence-electron chi connectivity index (χ3n) is 2.54. The van der Waals surface area contributed by atoms with Gasteiger partial charge in [-0.25, -0.2) is 4.98 Å². The molecule has 0 saturated heterocycles. The van der Waals surface area contributed by atoms with Crippen molar-refractivity contribution in [3.8, 4) is 5.75 Å². The van der Waals surface area contributed by atoms with Crippen molar-refractivity contribution in [1.29, 1.82) is 0 Å². The molecule has 1 heterocycles. The number of benzene rings is 1. The van der Waals surface area contributed by atoms with Gasteiger partial charge in [-0.1, -0.05) is 12.1 Å². The monoisotopic (exact) mass is 231 g/mol. The van der Waals surface area contributed by atoms with Crippen molar-refractivity contribution in [3.05, 3.63) is 30.3 Å². The number of hydrogen-bond donors (Lipinski definition) is 2. The number of anilines is 1. The average Bonchev–Trinajstić information content (AvgIpc) is 2.38. The van der Waals surface area contributed by atoms with Crippen molar-refractivity contribution in [1.82, 2.24) is 4.98 Å². The number of nitrogens with zero attached hydrogens (tertiary/aromatic N) is 1. The Hall–Kier alpha value is -1.81. The van der Waals surface area contributed by atoms with E-state index in [4.69, 9.17) is 10.5 Å². The van der Waals surface area contributed by atoms with Gasteiger partial charge in [0.05, 0.1) is 12.1 Å². The summed E-state index contributed by atoms with van der Waals surface area (Å²) in [5, 5.41) is 4.07. The Bertz CT molecular complexity index is 499. The van der Waals surface area contributed by atoms with Gasteiger partial charge in [-0.15, -0.1) is 0 Å². The van der Waals surface area contributed by atoms with Gasteiger partial charge >= 0.3 is 0 Å². The van der Waals surface area contributed by atoms with Crippen LogP contribution in [-0.4, -0.2) is 25.2 Å². The van der Waals surface area contributed by atoms with Gasteiger partial charge in [0.1, 0.15) is 11.6 Å². The van der Waals surface area contributed by atoms with E-state index in [2.05, 4.69) is 10.3 Å². The first kappa shape index (κ1) is 11.7. The molecule has 2 aromatic rings. The van der Waals surface area contributed by atoms with Crippen LogP contribution in [0, 0.1) is 0 Å². The first-order valence-electron chi connectivity index (χ1n) is 5.75. The zero-order chi connectivity index (χ0) is 12.1. The quantitative estimate of drug-likeness (QED) is 0.773. The highest BCUT2D eigenvalue weighted by atomic mass is 16.5. The number of hydrogen-bond acceptors (Lipinski definition) is 4. The summed E-state index contributed by atoms with van der Waals surface area (Å²) in [7, 11) is 1.85. The van der Waals surface area contributed by atoms with Gasteiger partial charge in [0.2, 0.25) is 0 Å². The van der Waals surface area contributed by atoms with E-state index in [1.165, 1.54) is 0 Å². The Morgan fingerprint density at radius 3 is 2.94 bits per heavy atom. The lowest BCUT2D eigenvalue weighted by Gasteiger charge is -2.10. The van der Waals surface area contributed by atoms with Crippen LogP contribution >= 0.6 is 0 Å². The van der Waals surface area contributed by atoms with Gasteiger partial charge in [0.15, 0.2) is 0 Å². The fourth-order valence-corrected chi connectivity index (χ4v) is 1.66. The molecule has 3 N–H and O–H groups in total. The lowest BCUT2D eigenvalue weighted by molar-refractivity contribution is 0.317. The zero-order valence-corrected chi connectivity index (χ0v) is 9.94. The summed E-state index contributed by atoms with van der Waals surface area (Å²) in [6, 6.07) is 9.86. The van der Waals surface area contributed by atoms with Gasteiger partial charge in [-0.3, -0.25) is 0 Å². The number of rotatable bonds is 5. The van der Waals surface area contributed by atoms with E-state index < -0.39 is 0 Å². The van der Waals surface area contributed by atoms with Crippen LogP contribution in [0.1, 0.15) is 6.42 Å². The van der Waals surface area contributed by atoms with Crippen LogP contribution in [0.5, 0.6) is 5.75 Å². The molecule has 0 bridgehead atoms. The Morgan fingerprint density at radius 1 is 1.35 bits per heavy atom. The van der Waals surface area contributed by atoms with Crippen LogP contribution < -0.4 is 15.8 Å². The lowest BCUT2D eigenvalue weighted by atomic mass is 10.2. The maximum atomic E-state index is 5.74. The normalized spacial score (nSPS) is 10.5. The van der Waals surface area contributed by atoms with Crippen LogP contribution in [0.25, 0.3) is 10.9 Å². The van der Waals surface area contributed by atoms with Crippen LogP contribution in [0.2, 0.25) is 0 Å². The van der Waals surface area contributed by atoms with Crippen LogP contribution in [-0.2, 0) is 0 Å². The minimum Gasteiger partial charge on any atom is -0.493 e. The van der Waals surface area contributed by atoms with E-state index in [1.807, 2.05) is 37.4 Å². The second-order valence-electron chi connectivity index (χ2n) is 3.76. The van der Waals surface area contributed by atoms with E-state index in [1.54, 1.807) is 0 Å². The fraction of sp³-hybridized carbons (Fsp3) is 0.308. The molecule has 0 spiro atoms. The molecule has 0 amide bonds. The summed E-state index contributed by atoms with van der Waals surface area (Å²) in [4.78, 5) is 4.47. The van der Waals surface area contributed by atoms with Gasteiger partial charge in [0, 0.05) is 18.5 Å². The van der Waals surface area contributed by atoms with Crippen LogP contribution in [0.15, 0.2) is 30.3 Å². The van der Waals surface area contributed by atoms with Gasteiger partial charge < -0.3 is 15.8 Å². The number of nitrogens with one attached hydrogen (secondary N) is 1. The van der Waals surface area contributed by atoms with E-state index >= 15 is 0 Å². The number of nitrogens with two attached hydrogens (primary N) is 1. The molecule has 1 aromatic carbocycles. The molecule has 0 atom stereocenters. The molecular weight excluding hydrogens is 214 g/mol. The number of aromatic nitrogens is 1. The van der Waals surface area contributed by atoms with Crippen LogP contribution in [0.3, 0.4) is 0 Å². The molecular formula is C13H17N3O. The third-order valence-corrected chi connectivity index (χ3v) is 2.54. The number of fused-ring (bicyclic) bond motifs is 1. The molecule has 0 fully saturated rings. The molecule has 1 aromatic heterocycles. The maximum Gasteiger partial charge on any atom is 0.132 e. The predicted molar refractivity (Wildman–Crippen MR) is 70.5 cm³/mol. The van der Waals surface area contributed by atoms with Crippen molar-refractivity contribution >= 4 is 16.7 Å². The topological polar surface area (TPSA) is 60.2 Å². The molecule has 0 aliphatic heterocycles. The number of pyridine rings is 1. The van der Waals surface area contributed by atoms with E-state index in [9.17, 15) is 0 Å². The fourth-order valence-electron chi connectivity index (χ4n) is 1.66. The first-order chi connectivity index (χ1) is 8.35. The predicted octanol–water partition coefficient (Wildman–Crippen LogP) is 2.00. The minimum atomic E-state index is 0.633. The summed E-state index contributed by atoms with van der Waals surface area (Å²) < 4.78 is 5.74. The molecule has 0 radical (unpaired) electrons. The molecule has 0 aliphatic carbocycles. The number of ether oxygens (including phenoxy) is 1. The highest BCUT2D eigenvalue weighted by Gasteiger charge is 2.05. The van der Waals surface area contributed by atoms with Gasteiger partial charge in [-0.2, -0.15) is 0 Å². The highest BCUT2D eigenvalue weighted by molar-refractivity contribution is 5.86. The minimum absolute atomic E-state index is 0.633. The SMILES string of the molecule is CNc1cc(OCCCN)c2ccccc2n1. The summed E-state index contributed by atoms with van der Waals surface area (Å²) in [5.41, 5.74) is 6.39. The third kappa shape index (κ3) is 2.65. The van der Waals surface area contributed by atoms with Crippen LogP contribution in [0.4, 0.5) is 5.82 Å². The summed E-state index contributed by atoms with van der Waals surface area (Å²) in [6.07, 6.45) is 0.853. The second kappa shape index (κ2) is 5.50. The largest absolute Gasteiger partial charge is 0.493 e. The average molecular weight is 231 g/mol. The molecule has 0 unspecified atom stereocenters. The van der Waals surface area contributed by atoms with Crippen molar-refractivity contribution in [3.63, 3.8) is 0 Å². The van der Waals surface area contributed by atoms with Gasteiger partial charge in [0.25, 0.3) is 0 Å². The summed E-state index contributed by atoms with van der Waals surface area (Å²) in [5.74, 6) is 1.67.